The summed E-state index contributed by atoms with van der Waals surface area (Å²) < 4.78 is 0. The number of hydrogen-bond donors (Lipinski definition) is 0. The van der Waals surface area contributed by atoms with Crippen molar-refractivity contribution >= 4 is 10.0 Å². The molecular formula is C13H26S. The Hall–Kier alpha value is 0.0900. The van der Waals surface area contributed by atoms with Crippen LogP contribution in [0.1, 0.15) is 47.0 Å². The molecule has 0 amide bonds. The first kappa shape index (κ1) is 12.2. The molecule has 1 heterocycles. The molecule has 0 saturated carbocycles. The van der Waals surface area contributed by atoms with Crippen LogP contribution in [0.2, 0.25) is 0 Å². The van der Waals surface area contributed by atoms with Crippen molar-refractivity contribution in [3.8, 4) is 0 Å². The zero-order chi connectivity index (χ0) is 10.9. The molecule has 0 spiro atoms. The van der Waals surface area contributed by atoms with Gasteiger partial charge in [-0.2, -0.15) is 10.0 Å². The molecule has 0 fully saturated rings. The van der Waals surface area contributed by atoms with Crippen LogP contribution in [-0.4, -0.2) is 12.5 Å². The van der Waals surface area contributed by atoms with Gasteiger partial charge in [-0.1, -0.05) is 40.0 Å². The van der Waals surface area contributed by atoms with Crippen LogP contribution in [0.3, 0.4) is 0 Å². The smallest absolute Gasteiger partial charge is 0.0107 e. The summed E-state index contributed by atoms with van der Waals surface area (Å²) in [7, 11) is -0.375. The molecule has 0 bridgehead atoms. The van der Waals surface area contributed by atoms with Crippen LogP contribution < -0.4 is 0 Å². The Morgan fingerprint density at radius 3 is 2.00 bits per heavy atom. The largest absolute Gasteiger partial charge is 0.200 e. The zero-order valence-electron chi connectivity index (χ0n) is 10.7. The van der Waals surface area contributed by atoms with E-state index in [1.807, 2.05) is 4.91 Å². The molecule has 0 aromatic heterocycles. The molecule has 1 aliphatic rings. The highest BCUT2D eigenvalue weighted by Gasteiger charge is 2.41. The van der Waals surface area contributed by atoms with Crippen LogP contribution in [-0.2, 0) is 0 Å². The second kappa shape index (κ2) is 4.30. The molecule has 0 nitrogen and oxygen atoms in total. The quantitative estimate of drug-likeness (QED) is 0.619. The van der Waals surface area contributed by atoms with E-state index >= 15 is 0 Å². The molecule has 1 aliphatic heterocycles. The molecule has 84 valence electrons. The van der Waals surface area contributed by atoms with Gasteiger partial charge >= 0.3 is 0 Å². The van der Waals surface area contributed by atoms with Gasteiger partial charge in [-0.05, 0) is 41.1 Å². The lowest BCUT2D eigenvalue weighted by Gasteiger charge is -2.24. The molecule has 1 heteroatoms. The highest BCUT2D eigenvalue weighted by Crippen LogP contribution is 2.75. The highest BCUT2D eigenvalue weighted by molar-refractivity contribution is 8.44. The van der Waals surface area contributed by atoms with Crippen LogP contribution in [0, 0.1) is 11.8 Å². The highest BCUT2D eigenvalue weighted by atomic mass is 32.3. The van der Waals surface area contributed by atoms with E-state index < -0.39 is 0 Å². The third-order valence-electron chi connectivity index (χ3n) is 3.93. The minimum absolute atomic E-state index is 0.375. The van der Waals surface area contributed by atoms with Crippen LogP contribution >= 0.6 is 10.0 Å². The molecule has 0 aliphatic carbocycles. The molecule has 2 atom stereocenters. The lowest BCUT2D eigenvalue weighted by Crippen LogP contribution is -2.10. The van der Waals surface area contributed by atoms with E-state index in [1.54, 1.807) is 4.91 Å². The van der Waals surface area contributed by atoms with E-state index in [-0.39, 0.29) is 10.0 Å². The van der Waals surface area contributed by atoms with Crippen LogP contribution in [0.4, 0.5) is 0 Å². The Morgan fingerprint density at radius 1 is 1.21 bits per heavy atom. The van der Waals surface area contributed by atoms with E-state index in [2.05, 4.69) is 40.2 Å². The van der Waals surface area contributed by atoms with Crippen molar-refractivity contribution in [3.63, 3.8) is 0 Å². The Bertz CT molecular complexity index is 238. The van der Waals surface area contributed by atoms with Gasteiger partial charge in [0.05, 0.1) is 0 Å². The number of rotatable bonds is 5. The molecule has 0 N–H and O–H groups in total. The Balaban J connectivity index is 2.61. The average Bonchev–Trinajstić information content (AvgIpc) is 2.61. The summed E-state index contributed by atoms with van der Waals surface area (Å²) in [5.41, 5.74) is 0. The van der Waals surface area contributed by atoms with Crippen LogP contribution in [0.15, 0.2) is 9.81 Å². The fourth-order valence-electron chi connectivity index (χ4n) is 2.72. The Morgan fingerprint density at radius 2 is 1.71 bits per heavy atom. The van der Waals surface area contributed by atoms with Gasteiger partial charge in [0, 0.05) is 0 Å². The number of hydrogen-bond acceptors (Lipinski definition) is 0. The van der Waals surface area contributed by atoms with Crippen molar-refractivity contribution in [2.24, 2.45) is 11.8 Å². The van der Waals surface area contributed by atoms with Gasteiger partial charge in [-0.15, -0.1) is 0 Å². The average molecular weight is 214 g/mol. The normalized spacial score (nSPS) is 25.9. The molecule has 1 rings (SSSR count). The summed E-state index contributed by atoms with van der Waals surface area (Å²) in [6, 6.07) is 0. The van der Waals surface area contributed by atoms with Gasteiger partial charge in [0.1, 0.15) is 0 Å². The minimum Gasteiger partial charge on any atom is -0.200 e. The van der Waals surface area contributed by atoms with E-state index in [0.717, 1.165) is 11.8 Å². The monoisotopic (exact) mass is 214 g/mol. The van der Waals surface area contributed by atoms with Crippen LogP contribution in [0.5, 0.6) is 0 Å². The molecule has 14 heavy (non-hydrogen) atoms. The first-order valence-electron chi connectivity index (χ1n) is 5.90. The molecule has 0 aromatic carbocycles. The molecule has 0 aromatic rings. The topological polar surface area (TPSA) is 0 Å². The van der Waals surface area contributed by atoms with Crippen molar-refractivity contribution in [2.45, 2.75) is 47.0 Å². The summed E-state index contributed by atoms with van der Waals surface area (Å²) in [4.78, 5) is 3.57. The Kier molecular flexibility index (Phi) is 3.74. The van der Waals surface area contributed by atoms with Gasteiger partial charge in [0.25, 0.3) is 0 Å². The summed E-state index contributed by atoms with van der Waals surface area (Å²) in [6.07, 6.45) is 9.00. The summed E-state index contributed by atoms with van der Waals surface area (Å²) >= 11 is 0. The third kappa shape index (κ3) is 2.03. The van der Waals surface area contributed by atoms with Gasteiger partial charge < -0.3 is 0 Å². The van der Waals surface area contributed by atoms with Gasteiger partial charge in [0.2, 0.25) is 0 Å². The van der Waals surface area contributed by atoms with E-state index in [0.29, 0.717) is 0 Å². The lowest BCUT2D eigenvalue weighted by molar-refractivity contribution is 0.373. The maximum Gasteiger partial charge on any atom is -0.0107 e. The van der Waals surface area contributed by atoms with Crippen molar-refractivity contribution in [2.75, 3.05) is 12.5 Å². The van der Waals surface area contributed by atoms with Crippen molar-refractivity contribution in [1.82, 2.24) is 0 Å². The van der Waals surface area contributed by atoms with Gasteiger partial charge in [-0.25, -0.2) is 0 Å². The van der Waals surface area contributed by atoms with Crippen molar-refractivity contribution in [1.29, 1.82) is 0 Å². The summed E-state index contributed by atoms with van der Waals surface area (Å²) in [5, 5.41) is 0. The zero-order valence-corrected chi connectivity index (χ0v) is 11.5. The maximum absolute atomic E-state index is 2.45. The van der Waals surface area contributed by atoms with E-state index in [1.165, 1.54) is 19.3 Å². The molecule has 0 radical (unpaired) electrons. The summed E-state index contributed by atoms with van der Waals surface area (Å²) in [5.74, 6) is 1.78. The van der Waals surface area contributed by atoms with Crippen LogP contribution in [0.25, 0.3) is 0 Å². The first-order chi connectivity index (χ1) is 6.46. The second-order valence-corrected chi connectivity index (χ2v) is 8.70. The fourth-order valence-corrected chi connectivity index (χ4v) is 5.62. The standard InChI is InChI=1S/C13H26S/c1-7-9-12(8-2)10(3)13-11(4)14(13,5)6/h10,12H,7-9H2,1-6H3. The molecule has 0 saturated heterocycles. The third-order valence-corrected chi connectivity index (χ3v) is 7.25. The Labute approximate surface area is 91.5 Å². The SMILES string of the molecule is CCCC(CC)C(C)C1=C(C)S1(C)C. The maximum atomic E-state index is 2.45. The van der Waals surface area contributed by atoms with Crippen molar-refractivity contribution < 1.29 is 0 Å². The van der Waals surface area contributed by atoms with E-state index in [9.17, 15) is 0 Å². The van der Waals surface area contributed by atoms with E-state index in [4.69, 9.17) is 0 Å². The lowest BCUT2D eigenvalue weighted by atomic mass is 9.87. The van der Waals surface area contributed by atoms with Gasteiger partial charge in [-0.3, -0.25) is 0 Å². The van der Waals surface area contributed by atoms with Gasteiger partial charge in [0.15, 0.2) is 0 Å². The fraction of sp³-hybridized carbons (Fsp3) is 0.846. The first-order valence-corrected chi connectivity index (χ1v) is 8.35. The predicted molar refractivity (Wildman–Crippen MR) is 70.0 cm³/mol. The molecular weight excluding hydrogens is 188 g/mol. The minimum atomic E-state index is -0.375. The predicted octanol–water partition coefficient (Wildman–Crippen LogP) is 4.76. The molecule has 2 unspecified atom stereocenters. The summed E-state index contributed by atoms with van der Waals surface area (Å²) in [6.45, 7) is 9.45. The number of allylic oxidation sites excluding steroid dienone is 2. The van der Waals surface area contributed by atoms with Crippen molar-refractivity contribution in [3.05, 3.63) is 9.81 Å². The second-order valence-electron chi connectivity index (χ2n) is 4.99.